The second kappa shape index (κ2) is 6.23. The van der Waals surface area contributed by atoms with Gasteiger partial charge in [0.1, 0.15) is 0 Å². The molecule has 4 heteroatoms. The zero-order chi connectivity index (χ0) is 14.5. The van der Waals surface area contributed by atoms with Gasteiger partial charge in [0.2, 0.25) is 0 Å². The SMILES string of the molecule is NCC(=O)c1ccccc1-c1ccccc1C(=O)CN. The number of hydrogen-bond donors (Lipinski definition) is 2. The van der Waals surface area contributed by atoms with Crippen LogP contribution in [0.15, 0.2) is 48.5 Å². The number of carbonyl (C=O) groups excluding carboxylic acids is 2. The van der Waals surface area contributed by atoms with Crippen molar-refractivity contribution in [1.29, 1.82) is 0 Å². The van der Waals surface area contributed by atoms with Crippen molar-refractivity contribution in [3.8, 4) is 11.1 Å². The first-order valence-corrected chi connectivity index (χ1v) is 6.34. The molecule has 0 unspecified atom stereocenters. The lowest BCUT2D eigenvalue weighted by molar-refractivity contribution is 0.0992. The molecule has 0 saturated carbocycles. The van der Waals surface area contributed by atoms with Crippen molar-refractivity contribution in [3.05, 3.63) is 59.7 Å². The summed E-state index contributed by atoms with van der Waals surface area (Å²) < 4.78 is 0. The van der Waals surface area contributed by atoms with E-state index in [1.165, 1.54) is 0 Å². The second-order valence-corrected chi connectivity index (χ2v) is 4.35. The lowest BCUT2D eigenvalue weighted by Gasteiger charge is -2.11. The fourth-order valence-electron chi connectivity index (χ4n) is 2.14. The summed E-state index contributed by atoms with van der Waals surface area (Å²) in [6, 6.07) is 14.3. The highest BCUT2D eigenvalue weighted by Crippen LogP contribution is 2.27. The van der Waals surface area contributed by atoms with Gasteiger partial charge in [0.05, 0.1) is 13.1 Å². The third-order valence-electron chi connectivity index (χ3n) is 3.12. The number of Topliss-reactive ketones (excluding diaryl/α,β-unsaturated/α-hetero) is 2. The Hall–Kier alpha value is -2.30. The first-order valence-electron chi connectivity index (χ1n) is 6.34. The van der Waals surface area contributed by atoms with Crippen LogP contribution in [-0.2, 0) is 0 Å². The molecule has 0 spiro atoms. The Morgan fingerprint density at radius 3 is 1.40 bits per heavy atom. The van der Waals surface area contributed by atoms with Crippen molar-refractivity contribution >= 4 is 11.6 Å². The topological polar surface area (TPSA) is 86.2 Å². The molecule has 0 radical (unpaired) electrons. The first-order chi connectivity index (χ1) is 9.69. The maximum atomic E-state index is 11.9. The van der Waals surface area contributed by atoms with Gasteiger partial charge in [-0.2, -0.15) is 0 Å². The molecule has 0 fully saturated rings. The van der Waals surface area contributed by atoms with E-state index in [4.69, 9.17) is 11.5 Å². The lowest BCUT2D eigenvalue weighted by atomic mass is 9.92. The van der Waals surface area contributed by atoms with Crippen LogP contribution in [0.1, 0.15) is 20.7 Å². The molecule has 2 aromatic carbocycles. The predicted molar refractivity (Wildman–Crippen MR) is 78.6 cm³/mol. The standard InChI is InChI=1S/C16H16N2O2/c17-9-15(19)13-7-3-1-5-11(13)12-6-2-4-8-14(12)16(20)10-18/h1-8H,9-10,17-18H2. The molecule has 0 aromatic heterocycles. The largest absolute Gasteiger partial charge is 0.324 e. The van der Waals surface area contributed by atoms with Crippen LogP contribution < -0.4 is 11.5 Å². The van der Waals surface area contributed by atoms with Crippen LogP contribution in [0.4, 0.5) is 0 Å². The number of rotatable bonds is 5. The fraction of sp³-hybridized carbons (Fsp3) is 0.125. The number of hydrogen-bond acceptors (Lipinski definition) is 4. The fourth-order valence-corrected chi connectivity index (χ4v) is 2.14. The Labute approximate surface area is 117 Å². The van der Waals surface area contributed by atoms with E-state index in [2.05, 4.69) is 0 Å². The molecular weight excluding hydrogens is 252 g/mol. The van der Waals surface area contributed by atoms with Crippen LogP contribution in [0.2, 0.25) is 0 Å². The Bertz CT molecular complexity index is 593. The Kier molecular flexibility index (Phi) is 4.40. The molecule has 0 heterocycles. The van der Waals surface area contributed by atoms with E-state index in [0.717, 1.165) is 0 Å². The molecule has 4 N–H and O–H groups in total. The molecule has 0 aliphatic rings. The monoisotopic (exact) mass is 268 g/mol. The minimum Gasteiger partial charge on any atom is -0.324 e. The zero-order valence-electron chi connectivity index (χ0n) is 11.0. The normalized spacial score (nSPS) is 10.3. The third kappa shape index (κ3) is 2.66. The Morgan fingerprint density at radius 2 is 1.05 bits per heavy atom. The molecule has 0 amide bonds. The minimum absolute atomic E-state index is 0.0655. The van der Waals surface area contributed by atoms with Crippen LogP contribution in [0, 0.1) is 0 Å². The van der Waals surface area contributed by atoms with Gasteiger partial charge in [0.15, 0.2) is 11.6 Å². The van der Waals surface area contributed by atoms with Crippen molar-refractivity contribution in [2.75, 3.05) is 13.1 Å². The summed E-state index contributed by atoms with van der Waals surface area (Å²) in [5.41, 5.74) is 13.3. The molecule has 0 atom stereocenters. The molecule has 0 aliphatic heterocycles. The third-order valence-corrected chi connectivity index (χ3v) is 3.12. The summed E-state index contributed by atoms with van der Waals surface area (Å²) in [4.78, 5) is 23.8. The molecule has 0 aliphatic carbocycles. The molecular formula is C16H16N2O2. The summed E-state index contributed by atoms with van der Waals surface area (Å²) in [6.07, 6.45) is 0. The van der Waals surface area contributed by atoms with Gasteiger partial charge in [0, 0.05) is 11.1 Å². The summed E-state index contributed by atoms with van der Waals surface area (Å²) >= 11 is 0. The van der Waals surface area contributed by atoms with E-state index in [1.807, 2.05) is 24.3 Å². The van der Waals surface area contributed by atoms with Gasteiger partial charge in [-0.05, 0) is 11.1 Å². The number of carbonyl (C=O) groups is 2. The Morgan fingerprint density at radius 1 is 0.700 bits per heavy atom. The maximum absolute atomic E-state index is 11.9. The highest BCUT2D eigenvalue weighted by molar-refractivity contribution is 6.08. The van der Waals surface area contributed by atoms with Gasteiger partial charge in [-0.3, -0.25) is 9.59 Å². The highest BCUT2D eigenvalue weighted by atomic mass is 16.1. The smallest absolute Gasteiger partial charge is 0.177 e. The van der Waals surface area contributed by atoms with E-state index in [1.54, 1.807) is 24.3 Å². The van der Waals surface area contributed by atoms with Gasteiger partial charge in [-0.25, -0.2) is 0 Å². The summed E-state index contributed by atoms with van der Waals surface area (Å²) in [5, 5.41) is 0. The van der Waals surface area contributed by atoms with Crippen molar-refractivity contribution in [1.82, 2.24) is 0 Å². The van der Waals surface area contributed by atoms with Crippen LogP contribution >= 0.6 is 0 Å². The first kappa shape index (κ1) is 14.1. The minimum atomic E-state index is -0.157. The van der Waals surface area contributed by atoms with E-state index < -0.39 is 0 Å². The number of benzene rings is 2. The van der Waals surface area contributed by atoms with Gasteiger partial charge >= 0.3 is 0 Å². The van der Waals surface area contributed by atoms with Gasteiger partial charge in [-0.1, -0.05) is 48.5 Å². The summed E-state index contributed by atoms with van der Waals surface area (Å²) in [5.74, 6) is -0.314. The molecule has 4 nitrogen and oxygen atoms in total. The van der Waals surface area contributed by atoms with Gasteiger partial charge < -0.3 is 11.5 Å². The second-order valence-electron chi connectivity index (χ2n) is 4.35. The lowest BCUT2D eigenvalue weighted by Crippen LogP contribution is -2.16. The van der Waals surface area contributed by atoms with E-state index >= 15 is 0 Å². The Balaban J connectivity index is 2.64. The van der Waals surface area contributed by atoms with Crippen LogP contribution in [0.3, 0.4) is 0 Å². The molecule has 20 heavy (non-hydrogen) atoms. The van der Waals surface area contributed by atoms with Crippen LogP contribution in [-0.4, -0.2) is 24.7 Å². The average Bonchev–Trinajstić information content (AvgIpc) is 2.53. The van der Waals surface area contributed by atoms with E-state index in [9.17, 15) is 9.59 Å². The average molecular weight is 268 g/mol. The summed E-state index contributed by atoms with van der Waals surface area (Å²) in [7, 11) is 0. The van der Waals surface area contributed by atoms with Gasteiger partial charge in [-0.15, -0.1) is 0 Å². The van der Waals surface area contributed by atoms with E-state index in [0.29, 0.717) is 22.3 Å². The van der Waals surface area contributed by atoms with Gasteiger partial charge in [0.25, 0.3) is 0 Å². The highest BCUT2D eigenvalue weighted by Gasteiger charge is 2.16. The molecule has 2 aromatic rings. The van der Waals surface area contributed by atoms with E-state index in [-0.39, 0.29) is 24.7 Å². The maximum Gasteiger partial charge on any atom is 0.177 e. The van der Waals surface area contributed by atoms with Crippen molar-refractivity contribution in [2.45, 2.75) is 0 Å². The predicted octanol–water partition coefficient (Wildman–Crippen LogP) is 1.64. The van der Waals surface area contributed by atoms with Crippen molar-refractivity contribution in [2.24, 2.45) is 11.5 Å². The zero-order valence-corrected chi connectivity index (χ0v) is 11.0. The number of nitrogens with two attached hydrogens (primary N) is 2. The van der Waals surface area contributed by atoms with Crippen molar-refractivity contribution in [3.63, 3.8) is 0 Å². The molecule has 102 valence electrons. The summed E-state index contributed by atoms with van der Waals surface area (Å²) in [6.45, 7) is -0.131. The quantitative estimate of drug-likeness (QED) is 0.807. The number of ketones is 2. The molecule has 0 saturated heterocycles. The van der Waals surface area contributed by atoms with Crippen molar-refractivity contribution < 1.29 is 9.59 Å². The molecule has 0 bridgehead atoms. The van der Waals surface area contributed by atoms with Crippen LogP contribution in [0.25, 0.3) is 11.1 Å². The molecule has 2 rings (SSSR count). The van der Waals surface area contributed by atoms with Crippen LogP contribution in [0.5, 0.6) is 0 Å².